The van der Waals surface area contributed by atoms with E-state index in [1.165, 1.54) is 24.9 Å². The Morgan fingerprint density at radius 3 is 2.86 bits per heavy atom. The van der Waals surface area contributed by atoms with Crippen LogP contribution in [0.4, 0.5) is 11.5 Å². The van der Waals surface area contributed by atoms with Crippen LogP contribution in [-0.2, 0) is 16.8 Å². The zero-order valence-electron chi connectivity index (χ0n) is 24.9. The van der Waals surface area contributed by atoms with Crippen LogP contribution >= 0.6 is 0 Å². The minimum absolute atomic E-state index is 0.314. The molecule has 9 heteroatoms. The minimum Gasteiger partial charge on any atom is -0.489 e. The first-order chi connectivity index (χ1) is 20.3. The van der Waals surface area contributed by atoms with Gasteiger partial charge in [-0.25, -0.2) is 9.97 Å². The van der Waals surface area contributed by atoms with E-state index < -0.39 is 5.60 Å². The van der Waals surface area contributed by atoms with Gasteiger partial charge in [0.15, 0.2) is 0 Å². The lowest BCUT2D eigenvalue weighted by atomic mass is 9.93. The smallest absolute Gasteiger partial charge is 0.150 e. The molecule has 4 aromatic rings. The number of allylic oxidation sites excluding steroid dienone is 1. The molecule has 42 heavy (non-hydrogen) atoms. The topological polar surface area (TPSA) is 104 Å². The highest BCUT2D eigenvalue weighted by Crippen LogP contribution is 2.42. The van der Waals surface area contributed by atoms with Crippen molar-refractivity contribution in [2.24, 2.45) is 4.99 Å². The number of rotatable bonds is 10. The molecule has 4 heterocycles. The predicted molar refractivity (Wildman–Crippen MR) is 170 cm³/mol. The lowest BCUT2D eigenvalue weighted by Crippen LogP contribution is -2.20. The highest BCUT2D eigenvalue weighted by molar-refractivity contribution is 5.93. The number of fused-ring (bicyclic) bond motifs is 2. The van der Waals surface area contributed by atoms with Crippen LogP contribution in [-0.4, -0.2) is 52.5 Å². The summed E-state index contributed by atoms with van der Waals surface area (Å²) in [6.07, 6.45) is 12.6. The highest BCUT2D eigenvalue weighted by atomic mass is 16.5. The maximum absolute atomic E-state index is 6.36. The second-order valence-electron chi connectivity index (χ2n) is 11.5. The number of ether oxygens (including phenoxy) is 2. The summed E-state index contributed by atoms with van der Waals surface area (Å²) in [6, 6.07) is 9.00. The summed E-state index contributed by atoms with van der Waals surface area (Å²) in [7, 11) is 2.18. The first kappa shape index (κ1) is 27.9. The molecule has 2 aliphatic rings. The number of nitrogens with two attached hydrogens (primary N) is 1. The fourth-order valence-electron chi connectivity index (χ4n) is 5.95. The second kappa shape index (κ2) is 11.2. The molecule has 0 amide bonds. The molecule has 3 aromatic heterocycles. The summed E-state index contributed by atoms with van der Waals surface area (Å²) in [6.45, 7) is 11.0. The number of pyridine rings is 1. The Morgan fingerprint density at radius 1 is 1.31 bits per heavy atom. The lowest BCUT2D eigenvalue weighted by molar-refractivity contribution is 0.0180. The summed E-state index contributed by atoms with van der Waals surface area (Å²) in [5.74, 6) is 1.21. The molecule has 0 radical (unpaired) electrons. The van der Waals surface area contributed by atoms with Crippen molar-refractivity contribution in [2.75, 3.05) is 30.9 Å². The molecule has 2 N–H and O–H groups in total. The van der Waals surface area contributed by atoms with Crippen molar-refractivity contribution in [1.82, 2.24) is 19.5 Å². The average molecular weight is 566 g/mol. The monoisotopic (exact) mass is 565 g/mol. The number of aryl methyl sites for hydroxylation is 1. The van der Waals surface area contributed by atoms with Crippen molar-refractivity contribution in [3.63, 3.8) is 0 Å². The Morgan fingerprint density at radius 2 is 2.14 bits per heavy atom. The third-order valence-corrected chi connectivity index (χ3v) is 8.49. The van der Waals surface area contributed by atoms with Gasteiger partial charge in [-0.15, -0.1) is 0 Å². The van der Waals surface area contributed by atoms with E-state index in [0.717, 1.165) is 76.1 Å². The van der Waals surface area contributed by atoms with Crippen molar-refractivity contribution in [3.05, 3.63) is 65.9 Å². The Hall–Kier alpha value is -4.24. The molecule has 1 aromatic carbocycles. The number of aromatic nitrogens is 4. The first-order valence-corrected chi connectivity index (χ1v) is 14.7. The number of nitrogens with zero attached hydrogens (tertiary/aromatic N) is 6. The molecule has 0 bridgehead atoms. The van der Waals surface area contributed by atoms with E-state index >= 15 is 0 Å². The molecule has 218 valence electrons. The number of nitrogen functional groups attached to an aromatic ring is 1. The molecule has 0 unspecified atom stereocenters. The maximum atomic E-state index is 6.36. The fourth-order valence-corrected chi connectivity index (χ4v) is 5.95. The van der Waals surface area contributed by atoms with Crippen LogP contribution in [0.3, 0.4) is 0 Å². The quantitative estimate of drug-likeness (QED) is 0.178. The molecule has 9 nitrogen and oxygen atoms in total. The van der Waals surface area contributed by atoms with Gasteiger partial charge in [0.25, 0.3) is 0 Å². The van der Waals surface area contributed by atoms with Gasteiger partial charge in [-0.05, 0) is 76.9 Å². The third kappa shape index (κ3) is 5.25. The maximum Gasteiger partial charge on any atom is 0.150 e. The summed E-state index contributed by atoms with van der Waals surface area (Å²) < 4.78 is 14.5. The second-order valence-corrected chi connectivity index (χ2v) is 11.5. The van der Waals surface area contributed by atoms with E-state index in [1.54, 1.807) is 6.20 Å². The molecule has 1 aliphatic heterocycles. The van der Waals surface area contributed by atoms with Crippen molar-refractivity contribution in [1.29, 1.82) is 0 Å². The van der Waals surface area contributed by atoms with Crippen LogP contribution in [0, 0.1) is 0 Å². The highest BCUT2D eigenvalue weighted by Gasteiger charge is 2.36. The first-order valence-electron chi connectivity index (χ1n) is 14.7. The Bertz CT molecular complexity index is 1710. The van der Waals surface area contributed by atoms with Gasteiger partial charge in [0.2, 0.25) is 0 Å². The summed E-state index contributed by atoms with van der Waals surface area (Å²) in [4.78, 5) is 20.2. The molecule has 1 aliphatic carbocycles. The van der Waals surface area contributed by atoms with Crippen LogP contribution in [0.25, 0.3) is 27.6 Å². The molecule has 6 rings (SSSR count). The van der Waals surface area contributed by atoms with Crippen LogP contribution in [0.5, 0.6) is 5.75 Å². The summed E-state index contributed by atoms with van der Waals surface area (Å²) in [5.41, 5.74) is 12.7. The largest absolute Gasteiger partial charge is 0.489 e. The zero-order valence-corrected chi connectivity index (χ0v) is 24.9. The number of hydrogen-bond acceptors (Lipinski definition) is 8. The van der Waals surface area contributed by atoms with E-state index in [1.807, 2.05) is 29.7 Å². The van der Waals surface area contributed by atoms with Gasteiger partial charge in [-0.1, -0.05) is 6.92 Å². The Labute approximate surface area is 246 Å². The number of aliphatic imine (C=N–C) groups is 1. The van der Waals surface area contributed by atoms with Crippen molar-refractivity contribution in [2.45, 2.75) is 64.5 Å². The number of anilines is 2. The van der Waals surface area contributed by atoms with Gasteiger partial charge in [-0.3, -0.25) is 9.98 Å². The van der Waals surface area contributed by atoms with Crippen LogP contribution < -0.4 is 15.4 Å². The summed E-state index contributed by atoms with van der Waals surface area (Å²) in [5, 5.41) is 1.98. The van der Waals surface area contributed by atoms with Crippen molar-refractivity contribution < 1.29 is 9.47 Å². The van der Waals surface area contributed by atoms with Gasteiger partial charge in [0, 0.05) is 71.8 Å². The SMILES string of the molecule is C=N/C=C(\C=C(/C)n1cc([C@@]2(C)CCCO2)c2c(N)ncnc21)COc1ccc2c(N(C)C3CC3)cc(CC)nc2c1. The molecule has 1 saturated carbocycles. The molecular formula is C33H39N7O2. The van der Waals surface area contributed by atoms with Gasteiger partial charge in [0.05, 0.1) is 16.5 Å². The Kier molecular flexibility index (Phi) is 7.45. The van der Waals surface area contributed by atoms with Gasteiger partial charge < -0.3 is 24.7 Å². The van der Waals surface area contributed by atoms with E-state index in [0.29, 0.717) is 18.5 Å². The van der Waals surface area contributed by atoms with Crippen LogP contribution in [0.1, 0.15) is 57.7 Å². The van der Waals surface area contributed by atoms with E-state index in [2.05, 4.69) is 65.8 Å². The normalized spacial score (nSPS) is 19.5. The molecular weight excluding hydrogens is 526 g/mol. The molecule has 1 saturated heterocycles. The predicted octanol–water partition coefficient (Wildman–Crippen LogP) is 6.27. The number of benzene rings is 1. The van der Waals surface area contributed by atoms with Gasteiger partial charge in [-0.2, -0.15) is 0 Å². The fraction of sp³-hybridized carbons (Fsp3) is 0.394. The van der Waals surface area contributed by atoms with E-state index in [4.69, 9.17) is 20.2 Å². The van der Waals surface area contributed by atoms with Gasteiger partial charge in [0.1, 0.15) is 30.1 Å². The molecule has 2 fully saturated rings. The van der Waals surface area contributed by atoms with Crippen molar-refractivity contribution >= 4 is 45.9 Å². The third-order valence-electron chi connectivity index (χ3n) is 8.49. The average Bonchev–Trinajstić information content (AvgIpc) is 3.62. The van der Waals surface area contributed by atoms with E-state index in [-0.39, 0.29) is 0 Å². The Balaban J connectivity index is 1.28. The minimum atomic E-state index is -0.428. The standard InChI is InChI=1S/C33H39N7O2/c1-6-23-15-29(39(5)24-8-9-24)26-11-10-25(16-28(26)38-23)41-19-22(17-35-4)14-21(2)40-18-27(33(3)12-7-13-42-33)30-31(34)36-20-37-32(30)40/h10-11,14-18,20,24H,4,6-9,12-13,19H2,1-3,5H3,(H2,34,36,37)/b21-14+,22-17+/t33-/m1/s1. The lowest BCUT2D eigenvalue weighted by Gasteiger charge is -2.22. The molecule has 1 atom stereocenters. The van der Waals surface area contributed by atoms with Crippen molar-refractivity contribution in [3.8, 4) is 5.75 Å². The zero-order chi connectivity index (χ0) is 29.4. The summed E-state index contributed by atoms with van der Waals surface area (Å²) >= 11 is 0. The van der Waals surface area contributed by atoms with Gasteiger partial charge >= 0.3 is 0 Å². The van der Waals surface area contributed by atoms with Crippen LogP contribution in [0.2, 0.25) is 0 Å². The van der Waals surface area contributed by atoms with Crippen LogP contribution in [0.15, 0.2) is 59.6 Å². The van der Waals surface area contributed by atoms with E-state index in [9.17, 15) is 0 Å². The molecule has 0 spiro atoms. The number of hydrogen-bond donors (Lipinski definition) is 1.